The Bertz CT molecular complexity index is 298. The number of hydrogen-bond acceptors (Lipinski definition) is 3. The molecule has 3 nitrogen and oxygen atoms in total. The molecule has 0 aliphatic heterocycles. The first-order chi connectivity index (χ1) is 8.22. The maximum absolute atomic E-state index is 9.18. The molecule has 0 fully saturated rings. The summed E-state index contributed by atoms with van der Waals surface area (Å²) in [5.41, 5.74) is 2.68. The summed E-state index contributed by atoms with van der Waals surface area (Å²) in [7, 11) is 1.71. The average Bonchev–Trinajstić information content (AvgIpc) is 2.35. The molecule has 1 unspecified atom stereocenters. The molecule has 17 heavy (non-hydrogen) atoms. The molecule has 0 saturated heterocycles. The summed E-state index contributed by atoms with van der Waals surface area (Å²) in [4.78, 5) is 0. The van der Waals surface area contributed by atoms with E-state index in [4.69, 9.17) is 4.74 Å². The fourth-order valence-corrected chi connectivity index (χ4v) is 1.57. The Morgan fingerprint density at radius 2 is 1.94 bits per heavy atom. The van der Waals surface area contributed by atoms with Crippen LogP contribution >= 0.6 is 0 Å². The minimum atomic E-state index is -0.549. The van der Waals surface area contributed by atoms with E-state index in [1.807, 2.05) is 0 Å². The van der Waals surface area contributed by atoms with Crippen LogP contribution in [0.25, 0.3) is 0 Å². The Balaban J connectivity index is 2.02. The summed E-state index contributed by atoms with van der Waals surface area (Å²) in [6, 6.07) is 8.66. The first kappa shape index (κ1) is 14.2. The van der Waals surface area contributed by atoms with E-state index in [1.165, 1.54) is 11.1 Å². The number of aryl methyl sites for hydroxylation is 2. The molecule has 96 valence electrons. The molecule has 0 amide bonds. The lowest BCUT2D eigenvalue weighted by Gasteiger charge is -2.09. The van der Waals surface area contributed by atoms with Gasteiger partial charge >= 0.3 is 0 Å². The Morgan fingerprint density at radius 3 is 2.59 bits per heavy atom. The zero-order valence-electron chi connectivity index (χ0n) is 10.8. The van der Waals surface area contributed by atoms with E-state index in [2.05, 4.69) is 36.5 Å². The summed E-state index contributed by atoms with van der Waals surface area (Å²) in [6.07, 6.45) is 2.70. The number of hydrogen-bond donors (Lipinski definition) is 2. The summed E-state index contributed by atoms with van der Waals surface area (Å²) in [5, 5.41) is 11.9. The van der Waals surface area contributed by atoms with Gasteiger partial charge in [0.1, 0.15) is 6.23 Å². The van der Waals surface area contributed by atoms with E-state index in [9.17, 15) is 5.11 Å². The molecular formula is C14H23NO2. The van der Waals surface area contributed by atoms with Gasteiger partial charge in [-0.15, -0.1) is 0 Å². The van der Waals surface area contributed by atoms with Crippen LogP contribution in [0, 0.1) is 6.92 Å². The predicted molar refractivity (Wildman–Crippen MR) is 70.0 cm³/mol. The molecule has 3 heteroatoms. The standard InChI is InChI=1S/C14H23NO2/c1-12-6-8-13(9-7-12)5-3-4-10-17-11-14(16)15-2/h6-9,14-16H,3-5,10-11H2,1-2H3. The van der Waals surface area contributed by atoms with E-state index in [0.717, 1.165) is 19.3 Å². The van der Waals surface area contributed by atoms with E-state index < -0.39 is 6.23 Å². The monoisotopic (exact) mass is 237 g/mol. The number of likely N-dealkylation sites (N-methyl/N-ethyl adjacent to an activating group) is 1. The van der Waals surface area contributed by atoms with Crippen molar-refractivity contribution < 1.29 is 9.84 Å². The fraction of sp³-hybridized carbons (Fsp3) is 0.571. The summed E-state index contributed by atoms with van der Waals surface area (Å²) < 4.78 is 5.33. The van der Waals surface area contributed by atoms with Crippen LogP contribution in [0.15, 0.2) is 24.3 Å². The third-order valence-corrected chi connectivity index (χ3v) is 2.73. The van der Waals surface area contributed by atoms with Gasteiger partial charge in [-0.1, -0.05) is 29.8 Å². The van der Waals surface area contributed by atoms with Crippen LogP contribution in [0.2, 0.25) is 0 Å². The van der Waals surface area contributed by atoms with E-state index in [-0.39, 0.29) is 0 Å². The highest BCUT2D eigenvalue weighted by Gasteiger charge is 1.99. The lowest BCUT2D eigenvalue weighted by atomic mass is 10.1. The molecule has 1 rings (SSSR count). The van der Waals surface area contributed by atoms with Crippen LogP contribution in [0.5, 0.6) is 0 Å². The van der Waals surface area contributed by atoms with Crippen molar-refractivity contribution in [3.05, 3.63) is 35.4 Å². The fourth-order valence-electron chi connectivity index (χ4n) is 1.57. The second-order valence-electron chi connectivity index (χ2n) is 4.32. The van der Waals surface area contributed by atoms with Crippen molar-refractivity contribution in [1.82, 2.24) is 5.32 Å². The van der Waals surface area contributed by atoms with Crippen molar-refractivity contribution in [1.29, 1.82) is 0 Å². The Morgan fingerprint density at radius 1 is 1.24 bits per heavy atom. The third-order valence-electron chi connectivity index (χ3n) is 2.73. The number of unbranched alkanes of at least 4 members (excludes halogenated alkanes) is 1. The Kier molecular flexibility index (Phi) is 6.86. The first-order valence-electron chi connectivity index (χ1n) is 6.21. The number of aliphatic hydroxyl groups is 1. The number of nitrogens with one attached hydrogen (secondary N) is 1. The molecule has 1 aromatic rings. The van der Waals surface area contributed by atoms with Crippen LogP contribution < -0.4 is 5.32 Å². The van der Waals surface area contributed by atoms with E-state index in [0.29, 0.717) is 13.2 Å². The highest BCUT2D eigenvalue weighted by atomic mass is 16.5. The maximum Gasteiger partial charge on any atom is 0.128 e. The Labute approximate surface area is 104 Å². The lowest BCUT2D eigenvalue weighted by Crippen LogP contribution is -2.29. The quantitative estimate of drug-likeness (QED) is 0.536. The molecule has 0 aromatic heterocycles. The van der Waals surface area contributed by atoms with Gasteiger partial charge in [-0.2, -0.15) is 0 Å². The SMILES string of the molecule is CNC(O)COCCCCc1ccc(C)cc1. The van der Waals surface area contributed by atoms with Gasteiger partial charge in [0.15, 0.2) is 0 Å². The first-order valence-corrected chi connectivity index (χ1v) is 6.21. The van der Waals surface area contributed by atoms with Crippen LogP contribution in [0.3, 0.4) is 0 Å². The van der Waals surface area contributed by atoms with Gasteiger partial charge < -0.3 is 9.84 Å². The second-order valence-corrected chi connectivity index (χ2v) is 4.32. The van der Waals surface area contributed by atoms with Crippen molar-refractivity contribution in [2.24, 2.45) is 0 Å². The van der Waals surface area contributed by atoms with Crippen molar-refractivity contribution in [2.75, 3.05) is 20.3 Å². The van der Waals surface area contributed by atoms with E-state index in [1.54, 1.807) is 7.05 Å². The molecule has 0 aliphatic rings. The summed E-state index contributed by atoms with van der Waals surface area (Å²) in [6.45, 7) is 3.18. The average molecular weight is 237 g/mol. The highest BCUT2D eigenvalue weighted by molar-refractivity contribution is 5.21. The second kappa shape index (κ2) is 8.23. The molecular weight excluding hydrogens is 214 g/mol. The minimum Gasteiger partial charge on any atom is -0.377 e. The van der Waals surface area contributed by atoms with Crippen molar-refractivity contribution in [2.45, 2.75) is 32.4 Å². The topological polar surface area (TPSA) is 41.5 Å². The smallest absolute Gasteiger partial charge is 0.128 e. The molecule has 1 aromatic carbocycles. The molecule has 0 bridgehead atoms. The third kappa shape index (κ3) is 6.41. The lowest BCUT2D eigenvalue weighted by molar-refractivity contribution is 0.0218. The van der Waals surface area contributed by atoms with Crippen LogP contribution in [-0.2, 0) is 11.2 Å². The largest absolute Gasteiger partial charge is 0.377 e. The number of benzene rings is 1. The Hall–Kier alpha value is -0.900. The number of rotatable bonds is 8. The van der Waals surface area contributed by atoms with Crippen LogP contribution in [-0.4, -0.2) is 31.6 Å². The predicted octanol–water partition coefficient (Wildman–Crippen LogP) is 1.87. The molecule has 0 radical (unpaired) electrons. The van der Waals surface area contributed by atoms with Crippen molar-refractivity contribution in [3.8, 4) is 0 Å². The highest BCUT2D eigenvalue weighted by Crippen LogP contribution is 2.07. The number of ether oxygens (including phenoxy) is 1. The summed E-state index contributed by atoms with van der Waals surface area (Å²) >= 11 is 0. The normalized spacial score (nSPS) is 12.6. The van der Waals surface area contributed by atoms with Crippen LogP contribution in [0.4, 0.5) is 0 Å². The van der Waals surface area contributed by atoms with E-state index >= 15 is 0 Å². The zero-order chi connectivity index (χ0) is 12.5. The van der Waals surface area contributed by atoms with Gasteiger partial charge in [-0.05, 0) is 38.8 Å². The van der Waals surface area contributed by atoms with Gasteiger partial charge in [-0.3, -0.25) is 5.32 Å². The van der Waals surface area contributed by atoms with Gasteiger partial charge in [-0.25, -0.2) is 0 Å². The minimum absolute atomic E-state index is 0.362. The molecule has 0 aliphatic carbocycles. The summed E-state index contributed by atoms with van der Waals surface area (Å²) in [5.74, 6) is 0. The molecule has 0 saturated carbocycles. The molecule has 0 heterocycles. The number of aliphatic hydroxyl groups excluding tert-OH is 1. The molecule has 2 N–H and O–H groups in total. The molecule has 0 spiro atoms. The van der Waals surface area contributed by atoms with Crippen molar-refractivity contribution >= 4 is 0 Å². The van der Waals surface area contributed by atoms with Gasteiger partial charge in [0.2, 0.25) is 0 Å². The van der Waals surface area contributed by atoms with Crippen molar-refractivity contribution in [3.63, 3.8) is 0 Å². The van der Waals surface area contributed by atoms with Gasteiger partial charge in [0.25, 0.3) is 0 Å². The van der Waals surface area contributed by atoms with Gasteiger partial charge in [0, 0.05) is 6.61 Å². The zero-order valence-corrected chi connectivity index (χ0v) is 10.8. The molecule has 1 atom stereocenters. The van der Waals surface area contributed by atoms with Crippen LogP contribution in [0.1, 0.15) is 24.0 Å². The maximum atomic E-state index is 9.18. The van der Waals surface area contributed by atoms with Gasteiger partial charge in [0.05, 0.1) is 6.61 Å².